The van der Waals surface area contributed by atoms with Crippen LogP contribution < -0.4 is 0 Å². The van der Waals surface area contributed by atoms with Crippen LogP contribution in [-0.2, 0) is 4.79 Å². The Labute approximate surface area is 98.1 Å². The van der Waals surface area contributed by atoms with E-state index in [9.17, 15) is 4.79 Å². The minimum atomic E-state index is -0.692. The van der Waals surface area contributed by atoms with Crippen LogP contribution in [0.25, 0.3) is 0 Å². The molecule has 0 saturated carbocycles. The number of carbonyl (C=O) groups is 1. The Bertz CT molecular complexity index is 258. The summed E-state index contributed by atoms with van der Waals surface area (Å²) in [6.07, 6.45) is 15.6. The lowest BCUT2D eigenvalue weighted by Crippen LogP contribution is -2.17. The van der Waals surface area contributed by atoms with Gasteiger partial charge in [0.25, 0.3) is 0 Å². The molecule has 0 aromatic heterocycles. The Hall–Kier alpha value is -1.05. The zero-order valence-corrected chi connectivity index (χ0v) is 10.1. The van der Waals surface area contributed by atoms with Crippen molar-refractivity contribution in [2.45, 2.75) is 45.4 Å². The molecule has 0 aliphatic heterocycles. The summed E-state index contributed by atoms with van der Waals surface area (Å²) in [6, 6.07) is 0. The molecule has 0 aromatic carbocycles. The predicted octanol–water partition coefficient (Wildman–Crippen LogP) is 3.79. The van der Waals surface area contributed by atoms with E-state index < -0.39 is 5.97 Å². The van der Waals surface area contributed by atoms with Crippen molar-refractivity contribution in [2.24, 2.45) is 11.8 Å². The number of hydrogen-bond donors (Lipinski definition) is 1. The number of rotatable bonds is 1. The summed E-state index contributed by atoms with van der Waals surface area (Å²) in [5, 5.41) is 8.60. The Balaban J connectivity index is 0.000000181. The van der Waals surface area contributed by atoms with Crippen LogP contribution in [0.2, 0.25) is 0 Å². The summed E-state index contributed by atoms with van der Waals surface area (Å²) < 4.78 is 0. The fourth-order valence-corrected chi connectivity index (χ4v) is 2.03. The largest absolute Gasteiger partial charge is 0.481 e. The van der Waals surface area contributed by atoms with Gasteiger partial charge in [-0.2, -0.15) is 0 Å². The molecule has 90 valence electrons. The van der Waals surface area contributed by atoms with Crippen molar-refractivity contribution >= 4 is 5.97 Å². The number of hydrogen-bond acceptors (Lipinski definition) is 1. The molecule has 2 aliphatic carbocycles. The summed E-state index contributed by atoms with van der Waals surface area (Å²) in [5.74, 6) is -0.391. The first kappa shape index (κ1) is 13.0. The van der Waals surface area contributed by atoms with Crippen molar-refractivity contribution in [3.63, 3.8) is 0 Å². The third-order valence-electron chi connectivity index (χ3n) is 3.04. The lowest BCUT2D eigenvalue weighted by Gasteiger charge is -2.17. The van der Waals surface area contributed by atoms with Gasteiger partial charge in [0.1, 0.15) is 0 Å². The highest BCUT2D eigenvalue weighted by Gasteiger charge is 2.19. The van der Waals surface area contributed by atoms with E-state index in [2.05, 4.69) is 19.1 Å². The quantitative estimate of drug-likeness (QED) is 0.685. The second-order valence-corrected chi connectivity index (χ2v) is 4.71. The monoisotopic (exact) mass is 222 g/mol. The van der Waals surface area contributed by atoms with Crippen molar-refractivity contribution in [1.29, 1.82) is 0 Å². The Morgan fingerprint density at radius 2 is 1.81 bits per heavy atom. The minimum absolute atomic E-state index is 0.233. The Morgan fingerprint density at radius 1 is 1.19 bits per heavy atom. The molecule has 0 spiro atoms. The molecule has 2 heteroatoms. The summed E-state index contributed by atoms with van der Waals surface area (Å²) in [6.45, 7) is 2.08. The molecular weight excluding hydrogens is 200 g/mol. The Morgan fingerprint density at radius 3 is 2.12 bits per heavy atom. The molecule has 1 N–H and O–H groups in total. The normalized spacial score (nSPS) is 28.1. The van der Waals surface area contributed by atoms with E-state index in [0.717, 1.165) is 12.8 Å². The summed E-state index contributed by atoms with van der Waals surface area (Å²) >= 11 is 0. The van der Waals surface area contributed by atoms with Gasteiger partial charge in [0, 0.05) is 0 Å². The minimum Gasteiger partial charge on any atom is -0.481 e. The second kappa shape index (κ2) is 7.26. The van der Waals surface area contributed by atoms with E-state index >= 15 is 0 Å². The molecule has 0 aromatic rings. The number of carboxylic acids is 1. The van der Waals surface area contributed by atoms with Crippen LogP contribution >= 0.6 is 0 Å². The van der Waals surface area contributed by atoms with Crippen LogP contribution in [0.3, 0.4) is 0 Å². The summed E-state index contributed by atoms with van der Waals surface area (Å²) in [7, 11) is 0. The molecule has 2 nitrogen and oxygen atoms in total. The number of allylic oxidation sites excluding steroid dienone is 3. The molecule has 2 rings (SSSR count). The lowest BCUT2D eigenvalue weighted by atomic mass is 9.88. The topological polar surface area (TPSA) is 37.3 Å². The van der Waals surface area contributed by atoms with Crippen molar-refractivity contribution < 1.29 is 9.90 Å². The maximum atomic E-state index is 10.4. The molecule has 0 fully saturated rings. The first-order valence-electron chi connectivity index (χ1n) is 6.24. The second-order valence-electron chi connectivity index (χ2n) is 4.71. The van der Waals surface area contributed by atoms with Gasteiger partial charge in [-0.25, -0.2) is 0 Å². The van der Waals surface area contributed by atoms with E-state index in [1.807, 2.05) is 6.08 Å². The van der Waals surface area contributed by atoms with Crippen molar-refractivity contribution in [2.75, 3.05) is 0 Å². The van der Waals surface area contributed by atoms with Crippen LogP contribution in [-0.4, -0.2) is 11.1 Å². The highest BCUT2D eigenvalue weighted by molar-refractivity contribution is 5.72. The van der Waals surface area contributed by atoms with E-state index in [4.69, 9.17) is 5.11 Å². The average Bonchev–Trinajstić information content (AvgIpc) is 2.32. The number of carboxylic acid groups (broad SMARTS) is 1. The van der Waals surface area contributed by atoms with Crippen LogP contribution in [0.1, 0.15) is 45.4 Å². The third kappa shape index (κ3) is 5.15. The standard InChI is InChI=1S/C8H12O2.C6H10/c1-6-3-2-4-7(5-6)8(9)10;1-2-4-6-5-3-1/h2,4,6-7H,3,5H2,1H3,(H,9,10);1-2H,3-6H2. The maximum Gasteiger partial charge on any atom is 0.310 e. The SMILES string of the molecule is C1=CCCCC1.CC1CC=CC(C(=O)O)C1. The summed E-state index contributed by atoms with van der Waals surface area (Å²) in [4.78, 5) is 10.4. The van der Waals surface area contributed by atoms with Crippen molar-refractivity contribution in [1.82, 2.24) is 0 Å². The first-order chi connectivity index (χ1) is 7.70. The molecule has 2 unspecified atom stereocenters. The molecule has 0 amide bonds. The van der Waals surface area contributed by atoms with Gasteiger partial charge >= 0.3 is 5.97 Å². The zero-order valence-electron chi connectivity index (χ0n) is 10.1. The highest BCUT2D eigenvalue weighted by Crippen LogP contribution is 2.22. The van der Waals surface area contributed by atoms with Gasteiger partial charge in [-0.3, -0.25) is 4.79 Å². The lowest BCUT2D eigenvalue weighted by molar-refractivity contribution is -0.140. The van der Waals surface area contributed by atoms with Crippen LogP contribution in [0.15, 0.2) is 24.3 Å². The van der Waals surface area contributed by atoms with Gasteiger partial charge in [0.2, 0.25) is 0 Å². The third-order valence-corrected chi connectivity index (χ3v) is 3.04. The van der Waals surface area contributed by atoms with Gasteiger partial charge in [-0.15, -0.1) is 0 Å². The molecule has 0 radical (unpaired) electrons. The van der Waals surface area contributed by atoms with E-state index in [-0.39, 0.29) is 5.92 Å². The number of aliphatic carboxylic acids is 1. The average molecular weight is 222 g/mol. The van der Waals surface area contributed by atoms with Crippen LogP contribution in [0.5, 0.6) is 0 Å². The van der Waals surface area contributed by atoms with E-state index in [1.165, 1.54) is 25.7 Å². The highest BCUT2D eigenvalue weighted by atomic mass is 16.4. The van der Waals surface area contributed by atoms with E-state index in [1.54, 1.807) is 6.08 Å². The zero-order chi connectivity index (χ0) is 11.8. The van der Waals surface area contributed by atoms with E-state index in [0.29, 0.717) is 5.92 Å². The van der Waals surface area contributed by atoms with Gasteiger partial charge < -0.3 is 5.11 Å². The predicted molar refractivity (Wildman–Crippen MR) is 66.3 cm³/mol. The first-order valence-corrected chi connectivity index (χ1v) is 6.24. The fourth-order valence-electron chi connectivity index (χ4n) is 2.03. The van der Waals surface area contributed by atoms with Crippen molar-refractivity contribution in [3.8, 4) is 0 Å². The van der Waals surface area contributed by atoms with Crippen LogP contribution in [0, 0.1) is 11.8 Å². The molecule has 2 aliphatic rings. The molecule has 0 saturated heterocycles. The molecule has 0 heterocycles. The summed E-state index contributed by atoms with van der Waals surface area (Å²) in [5.41, 5.74) is 0. The van der Waals surface area contributed by atoms with Crippen molar-refractivity contribution in [3.05, 3.63) is 24.3 Å². The Kier molecular flexibility index (Phi) is 5.91. The molecular formula is C14H22O2. The van der Waals surface area contributed by atoms with Gasteiger partial charge in [-0.05, 0) is 44.4 Å². The van der Waals surface area contributed by atoms with Gasteiger partial charge in [0.15, 0.2) is 0 Å². The molecule has 0 bridgehead atoms. The van der Waals surface area contributed by atoms with Crippen LogP contribution in [0.4, 0.5) is 0 Å². The molecule has 2 atom stereocenters. The van der Waals surface area contributed by atoms with Gasteiger partial charge in [0.05, 0.1) is 5.92 Å². The molecule has 16 heavy (non-hydrogen) atoms. The fraction of sp³-hybridized carbons (Fsp3) is 0.643. The van der Waals surface area contributed by atoms with Gasteiger partial charge in [-0.1, -0.05) is 31.2 Å². The smallest absolute Gasteiger partial charge is 0.310 e. The maximum absolute atomic E-state index is 10.4.